The molecule has 1 aliphatic rings. The van der Waals surface area contributed by atoms with Gasteiger partial charge in [0.2, 0.25) is 0 Å². The van der Waals surface area contributed by atoms with Crippen molar-refractivity contribution < 1.29 is 0 Å². The molecule has 0 saturated carbocycles. The SMILES string of the molecule is [Cl][Sn]1([c]2ccccc2)[CH2]CCC[CH2]1. The van der Waals surface area contributed by atoms with Crippen molar-refractivity contribution in [2.45, 2.75) is 28.1 Å². The minimum atomic E-state index is -2.30. The Balaban J connectivity index is 2.23. The monoisotopic (exact) mass is 302 g/mol. The van der Waals surface area contributed by atoms with Crippen LogP contribution < -0.4 is 3.58 Å². The average molecular weight is 301 g/mol. The molecule has 0 aromatic heterocycles. The molecule has 1 heterocycles. The zero-order valence-corrected chi connectivity index (χ0v) is 11.4. The van der Waals surface area contributed by atoms with Crippen molar-refractivity contribution in [2.75, 3.05) is 0 Å². The van der Waals surface area contributed by atoms with Crippen LogP contribution in [0.5, 0.6) is 0 Å². The van der Waals surface area contributed by atoms with Crippen molar-refractivity contribution in [2.24, 2.45) is 0 Å². The van der Waals surface area contributed by atoms with E-state index in [1.165, 1.54) is 31.7 Å². The molecule has 0 radical (unpaired) electrons. The fourth-order valence-electron chi connectivity index (χ4n) is 2.14. The van der Waals surface area contributed by atoms with Gasteiger partial charge < -0.3 is 0 Å². The standard InChI is InChI=1S/C6H5.C5H10.ClH.Sn/c1-2-4-6-5-3-1;1-3-5-4-2;;/h1-5H;1-5H2;1H;/q;;;+1/p-1. The molecule has 1 fully saturated rings. The van der Waals surface area contributed by atoms with E-state index in [-0.39, 0.29) is 0 Å². The summed E-state index contributed by atoms with van der Waals surface area (Å²) < 4.78 is 4.21. The van der Waals surface area contributed by atoms with Gasteiger partial charge in [0.25, 0.3) is 0 Å². The third-order valence-electron chi connectivity index (χ3n) is 2.94. The van der Waals surface area contributed by atoms with Gasteiger partial charge in [0.15, 0.2) is 0 Å². The Morgan fingerprint density at radius 3 is 2.15 bits per heavy atom. The second kappa shape index (κ2) is 4.22. The molecular weight excluding hydrogens is 286 g/mol. The Bertz CT molecular complexity index is 265. The van der Waals surface area contributed by atoms with Gasteiger partial charge in [-0.25, -0.2) is 0 Å². The van der Waals surface area contributed by atoms with Gasteiger partial charge in [-0.05, 0) is 0 Å². The first-order chi connectivity index (χ1) is 6.31. The molecule has 0 spiro atoms. The minimum absolute atomic E-state index is 1.35. The summed E-state index contributed by atoms with van der Waals surface area (Å²) in [6.07, 6.45) is 4.14. The van der Waals surface area contributed by atoms with E-state index in [2.05, 4.69) is 30.3 Å². The molecule has 2 rings (SSSR count). The molecule has 0 N–H and O–H groups in total. The molecule has 0 unspecified atom stereocenters. The molecule has 2 heteroatoms. The van der Waals surface area contributed by atoms with Crippen molar-refractivity contribution in [3.8, 4) is 0 Å². The Kier molecular flexibility index (Phi) is 3.20. The second-order valence-corrected chi connectivity index (χ2v) is 18.8. The molecule has 1 aliphatic heterocycles. The summed E-state index contributed by atoms with van der Waals surface area (Å²) in [5.74, 6) is 0. The van der Waals surface area contributed by atoms with Crippen molar-refractivity contribution >= 4 is 29.8 Å². The van der Waals surface area contributed by atoms with Crippen LogP contribution >= 0.6 is 8.92 Å². The zero-order chi connectivity index (χ0) is 9.15. The number of hydrogen-bond acceptors (Lipinski definition) is 0. The number of hydrogen-bond donors (Lipinski definition) is 0. The van der Waals surface area contributed by atoms with Gasteiger partial charge in [-0.3, -0.25) is 0 Å². The molecule has 70 valence electrons. The second-order valence-electron chi connectivity index (χ2n) is 3.89. The average Bonchev–Trinajstić information content (AvgIpc) is 2.20. The molecule has 0 aliphatic carbocycles. The first-order valence-electron chi connectivity index (χ1n) is 5.06. The van der Waals surface area contributed by atoms with E-state index in [0.29, 0.717) is 0 Å². The maximum absolute atomic E-state index is 6.81. The van der Waals surface area contributed by atoms with Crippen molar-refractivity contribution in [1.29, 1.82) is 0 Å². The Morgan fingerprint density at radius 2 is 1.54 bits per heavy atom. The van der Waals surface area contributed by atoms with Crippen LogP contribution in [0.4, 0.5) is 0 Å². The number of benzene rings is 1. The normalized spacial score (nSPS) is 21.3. The van der Waals surface area contributed by atoms with Gasteiger partial charge in [0.05, 0.1) is 0 Å². The molecule has 0 amide bonds. The van der Waals surface area contributed by atoms with Crippen molar-refractivity contribution in [3.05, 3.63) is 30.3 Å². The molecule has 1 aromatic carbocycles. The summed E-state index contributed by atoms with van der Waals surface area (Å²) in [4.78, 5) is 0. The van der Waals surface area contributed by atoms with Crippen LogP contribution in [0.3, 0.4) is 0 Å². The van der Waals surface area contributed by atoms with E-state index in [1.54, 1.807) is 0 Å². The van der Waals surface area contributed by atoms with Crippen LogP contribution in [-0.4, -0.2) is 17.3 Å². The van der Waals surface area contributed by atoms with Gasteiger partial charge in [-0.15, -0.1) is 0 Å². The van der Waals surface area contributed by atoms with E-state index in [9.17, 15) is 0 Å². The maximum atomic E-state index is 6.81. The molecule has 1 aromatic rings. The van der Waals surface area contributed by atoms with Crippen LogP contribution in [0.2, 0.25) is 8.87 Å². The van der Waals surface area contributed by atoms with Crippen LogP contribution in [0.15, 0.2) is 30.3 Å². The Morgan fingerprint density at radius 1 is 0.923 bits per heavy atom. The van der Waals surface area contributed by atoms with Crippen LogP contribution in [0.1, 0.15) is 19.3 Å². The predicted molar refractivity (Wildman–Crippen MR) is 61.1 cm³/mol. The first-order valence-corrected chi connectivity index (χ1v) is 14.1. The van der Waals surface area contributed by atoms with Crippen molar-refractivity contribution in [3.63, 3.8) is 0 Å². The van der Waals surface area contributed by atoms with E-state index in [1.807, 2.05) is 0 Å². The van der Waals surface area contributed by atoms with Crippen molar-refractivity contribution in [1.82, 2.24) is 0 Å². The first kappa shape index (κ1) is 9.85. The summed E-state index contributed by atoms with van der Waals surface area (Å²) >= 11 is -2.30. The quantitative estimate of drug-likeness (QED) is 0.699. The van der Waals surface area contributed by atoms with Gasteiger partial charge >= 0.3 is 88.2 Å². The van der Waals surface area contributed by atoms with E-state index in [4.69, 9.17) is 8.92 Å². The third-order valence-corrected chi connectivity index (χ3v) is 17.4. The van der Waals surface area contributed by atoms with E-state index in [0.717, 1.165) is 0 Å². The number of rotatable bonds is 1. The molecule has 0 nitrogen and oxygen atoms in total. The van der Waals surface area contributed by atoms with Gasteiger partial charge in [0, 0.05) is 0 Å². The van der Waals surface area contributed by atoms with Gasteiger partial charge in [-0.1, -0.05) is 0 Å². The van der Waals surface area contributed by atoms with Gasteiger partial charge in [-0.2, -0.15) is 0 Å². The van der Waals surface area contributed by atoms with E-state index < -0.39 is 17.3 Å². The summed E-state index contributed by atoms with van der Waals surface area (Å²) in [5.41, 5.74) is 0. The summed E-state index contributed by atoms with van der Waals surface area (Å²) in [5, 5.41) is 0. The van der Waals surface area contributed by atoms with Crippen LogP contribution in [-0.2, 0) is 0 Å². The third kappa shape index (κ3) is 2.21. The van der Waals surface area contributed by atoms with Crippen LogP contribution in [0, 0.1) is 0 Å². The molecule has 1 saturated heterocycles. The topological polar surface area (TPSA) is 0 Å². The van der Waals surface area contributed by atoms with E-state index >= 15 is 0 Å². The van der Waals surface area contributed by atoms with Gasteiger partial charge in [0.1, 0.15) is 0 Å². The Hall–Kier alpha value is 0.309. The molecule has 0 bridgehead atoms. The molecule has 0 atom stereocenters. The zero-order valence-electron chi connectivity index (χ0n) is 7.80. The summed E-state index contributed by atoms with van der Waals surface area (Å²) in [6, 6.07) is 10.8. The molecule has 13 heavy (non-hydrogen) atoms. The summed E-state index contributed by atoms with van der Waals surface area (Å²) in [7, 11) is 6.81. The van der Waals surface area contributed by atoms with Crippen LogP contribution in [0.25, 0.3) is 0 Å². The summed E-state index contributed by atoms with van der Waals surface area (Å²) in [6.45, 7) is 0. The number of halogens is 1. The molecular formula is C11H15ClSn. The fraction of sp³-hybridized carbons (Fsp3) is 0.455. The Labute approximate surface area is 87.9 Å². The fourth-order valence-corrected chi connectivity index (χ4v) is 14.0. The predicted octanol–water partition coefficient (Wildman–Crippen LogP) is 3.26.